The van der Waals surface area contributed by atoms with Gasteiger partial charge in [-0.1, -0.05) is 0 Å². The third kappa shape index (κ3) is 3.15. The number of halogens is 1. The lowest BCUT2D eigenvalue weighted by Crippen LogP contribution is -2.31. The first-order valence-electron chi connectivity index (χ1n) is 7.28. The summed E-state index contributed by atoms with van der Waals surface area (Å²) in [5, 5.41) is 2.97. The van der Waals surface area contributed by atoms with Gasteiger partial charge in [0.25, 0.3) is 0 Å². The predicted molar refractivity (Wildman–Crippen MR) is 90.7 cm³/mol. The Labute approximate surface area is 146 Å². The predicted octanol–water partition coefficient (Wildman–Crippen LogP) is 1.91. The van der Waals surface area contributed by atoms with E-state index in [-0.39, 0.29) is 34.6 Å². The van der Waals surface area contributed by atoms with Crippen LogP contribution in [0.2, 0.25) is 0 Å². The summed E-state index contributed by atoms with van der Waals surface area (Å²) in [6.07, 6.45) is 2.88. The van der Waals surface area contributed by atoms with Crippen molar-refractivity contribution in [2.75, 3.05) is 27.2 Å². The number of oxazole rings is 1. The minimum Gasteiger partial charge on any atom is -0.432 e. The Bertz CT molecular complexity index is 842. The average molecular weight is 391 g/mol. The fraction of sp³-hybridized carbons (Fsp3) is 0.250. The first kappa shape index (κ1) is 16.5. The highest BCUT2D eigenvalue weighted by Gasteiger charge is 2.32. The highest BCUT2D eigenvalue weighted by atomic mass is 79.9. The fourth-order valence-corrected chi connectivity index (χ4v) is 2.65. The first-order chi connectivity index (χ1) is 11.5. The number of allylic oxidation sites excluding steroid dienone is 2. The quantitative estimate of drug-likeness (QED) is 0.779. The normalized spacial score (nSPS) is 13.9. The van der Waals surface area contributed by atoms with Gasteiger partial charge in [0.15, 0.2) is 5.69 Å². The fourth-order valence-electron chi connectivity index (χ4n) is 2.23. The molecule has 0 aliphatic heterocycles. The number of nitrogens with zero attached hydrogens (tertiary/aromatic N) is 3. The van der Waals surface area contributed by atoms with Crippen LogP contribution in [0.3, 0.4) is 0 Å². The van der Waals surface area contributed by atoms with E-state index in [4.69, 9.17) is 4.42 Å². The number of Topliss-reactive ketones (excluding diaryl/α,β-unsaturated/α-hetero) is 1. The lowest BCUT2D eigenvalue weighted by Gasteiger charge is -2.14. The Morgan fingerprint density at radius 1 is 1.33 bits per heavy atom. The van der Waals surface area contributed by atoms with Gasteiger partial charge in [0.1, 0.15) is 4.60 Å². The second kappa shape index (κ2) is 6.66. The van der Waals surface area contributed by atoms with E-state index in [0.717, 1.165) is 6.54 Å². The van der Waals surface area contributed by atoms with E-state index in [1.165, 1.54) is 6.08 Å². The number of ketones is 2. The highest BCUT2D eigenvalue weighted by Crippen LogP contribution is 2.30. The van der Waals surface area contributed by atoms with Crippen molar-refractivity contribution in [1.82, 2.24) is 20.2 Å². The standard InChI is InChI=1S/C16H15BrN4O3/c1-21(2)7-6-18-10-8-11(22)12-14(13(10)23)24-16(20-12)9-4-3-5-19-15(9)17/h3-5,8,18H,6-7H2,1-2H3. The molecular formula is C16H15BrN4O3. The van der Waals surface area contributed by atoms with Crippen molar-refractivity contribution >= 4 is 27.5 Å². The van der Waals surface area contributed by atoms with Crippen LogP contribution in [0.5, 0.6) is 0 Å². The Balaban J connectivity index is 1.89. The maximum Gasteiger partial charge on any atom is 0.246 e. The lowest BCUT2D eigenvalue weighted by atomic mass is 10.0. The van der Waals surface area contributed by atoms with Crippen molar-refractivity contribution in [2.45, 2.75) is 0 Å². The van der Waals surface area contributed by atoms with Crippen LogP contribution in [0, 0.1) is 0 Å². The van der Waals surface area contributed by atoms with E-state index >= 15 is 0 Å². The van der Waals surface area contributed by atoms with Gasteiger partial charge in [-0.2, -0.15) is 0 Å². The molecule has 0 radical (unpaired) electrons. The van der Waals surface area contributed by atoms with Crippen LogP contribution < -0.4 is 5.32 Å². The number of hydrogen-bond donors (Lipinski definition) is 1. The van der Waals surface area contributed by atoms with Crippen LogP contribution in [0.15, 0.2) is 39.1 Å². The summed E-state index contributed by atoms with van der Waals surface area (Å²) in [5.74, 6) is -0.584. The molecule has 8 heteroatoms. The molecule has 1 N–H and O–H groups in total. The van der Waals surface area contributed by atoms with E-state index in [1.54, 1.807) is 18.3 Å². The summed E-state index contributed by atoms with van der Waals surface area (Å²) in [7, 11) is 3.85. The molecule has 0 saturated carbocycles. The van der Waals surface area contributed by atoms with Gasteiger partial charge < -0.3 is 14.6 Å². The Morgan fingerprint density at radius 3 is 2.83 bits per heavy atom. The molecule has 0 fully saturated rings. The van der Waals surface area contributed by atoms with E-state index in [1.807, 2.05) is 19.0 Å². The molecule has 1 aliphatic carbocycles. The van der Waals surface area contributed by atoms with Gasteiger partial charge in [-0.05, 0) is 42.2 Å². The number of carbonyl (C=O) groups is 2. The molecule has 0 saturated heterocycles. The molecule has 0 atom stereocenters. The molecule has 0 spiro atoms. The summed E-state index contributed by atoms with van der Waals surface area (Å²) in [5.41, 5.74) is 0.834. The zero-order valence-corrected chi connectivity index (χ0v) is 14.8. The van der Waals surface area contributed by atoms with E-state index in [9.17, 15) is 9.59 Å². The molecule has 2 aromatic rings. The molecule has 0 amide bonds. The van der Waals surface area contributed by atoms with E-state index in [2.05, 4.69) is 31.2 Å². The summed E-state index contributed by atoms with van der Waals surface area (Å²) in [4.78, 5) is 35.0. The minimum atomic E-state index is -0.373. The first-order valence-corrected chi connectivity index (χ1v) is 8.07. The van der Waals surface area contributed by atoms with Gasteiger partial charge >= 0.3 is 0 Å². The topological polar surface area (TPSA) is 88.3 Å². The van der Waals surface area contributed by atoms with Crippen molar-refractivity contribution in [3.8, 4) is 11.5 Å². The second-order valence-corrected chi connectivity index (χ2v) is 6.27. The number of hydrogen-bond acceptors (Lipinski definition) is 7. The van der Waals surface area contributed by atoms with Gasteiger partial charge in [-0.15, -0.1) is 0 Å². The molecule has 3 rings (SSSR count). The third-order valence-electron chi connectivity index (χ3n) is 3.45. The molecule has 0 bridgehead atoms. The average Bonchev–Trinajstić information content (AvgIpc) is 2.98. The van der Waals surface area contributed by atoms with Gasteiger partial charge in [-0.25, -0.2) is 9.97 Å². The third-order valence-corrected chi connectivity index (χ3v) is 4.08. The number of carbonyl (C=O) groups excluding carboxylic acids is 2. The number of pyridine rings is 1. The van der Waals surface area contributed by atoms with Crippen molar-refractivity contribution < 1.29 is 14.0 Å². The van der Waals surface area contributed by atoms with Crippen LogP contribution in [-0.2, 0) is 0 Å². The van der Waals surface area contributed by atoms with Crippen LogP contribution in [-0.4, -0.2) is 53.6 Å². The number of fused-ring (bicyclic) bond motifs is 1. The molecule has 1 aliphatic rings. The van der Waals surface area contributed by atoms with Crippen LogP contribution in [0.1, 0.15) is 21.0 Å². The zero-order chi connectivity index (χ0) is 17.3. The highest BCUT2D eigenvalue weighted by molar-refractivity contribution is 9.10. The van der Waals surface area contributed by atoms with E-state index in [0.29, 0.717) is 16.7 Å². The van der Waals surface area contributed by atoms with Gasteiger partial charge in [0, 0.05) is 25.4 Å². The Kier molecular flexibility index (Phi) is 4.59. The summed E-state index contributed by atoms with van der Waals surface area (Å²) < 4.78 is 6.10. The van der Waals surface area contributed by atoms with Gasteiger partial charge in [0.05, 0.1) is 11.3 Å². The lowest BCUT2D eigenvalue weighted by molar-refractivity contribution is 0.0956. The molecular weight excluding hydrogens is 376 g/mol. The molecule has 2 aromatic heterocycles. The molecule has 24 heavy (non-hydrogen) atoms. The van der Waals surface area contributed by atoms with Crippen LogP contribution in [0.25, 0.3) is 11.5 Å². The smallest absolute Gasteiger partial charge is 0.246 e. The van der Waals surface area contributed by atoms with Crippen molar-refractivity contribution in [1.29, 1.82) is 0 Å². The maximum absolute atomic E-state index is 12.5. The number of likely N-dealkylation sites (N-methyl/N-ethyl adjacent to an activating group) is 1. The minimum absolute atomic E-state index is 0.0314. The molecule has 0 unspecified atom stereocenters. The second-order valence-electron chi connectivity index (χ2n) is 5.52. The largest absolute Gasteiger partial charge is 0.432 e. The summed E-state index contributed by atoms with van der Waals surface area (Å²) in [6, 6.07) is 3.46. The number of nitrogens with one attached hydrogen (secondary N) is 1. The van der Waals surface area contributed by atoms with Gasteiger partial charge in [-0.3, -0.25) is 9.59 Å². The SMILES string of the molecule is CN(C)CCNC1=CC(=O)c2nc(-c3cccnc3Br)oc2C1=O. The number of aromatic nitrogens is 2. The Hall–Kier alpha value is -2.32. The summed E-state index contributed by atoms with van der Waals surface area (Å²) in [6.45, 7) is 1.28. The van der Waals surface area contributed by atoms with Crippen molar-refractivity contribution in [2.24, 2.45) is 0 Å². The molecule has 124 valence electrons. The van der Waals surface area contributed by atoms with Crippen molar-refractivity contribution in [3.05, 3.63) is 46.2 Å². The van der Waals surface area contributed by atoms with Crippen molar-refractivity contribution in [3.63, 3.8) is 0 Å². The Morgan fingerprint density at radius 2 is 2.12 bits per heavy atom. The maximum atomic E-state index is 12.5. The van der Waals surface area contributed by atoms with Gasteiger partial charge in [0.2, 0.25) is 23.2 Å². The summed E-state index contributed by atoms with van der Waals surface area (Å²) >= 11 is 3.31. The molecule has 2 heterocycles. The molecule has 7 nitrogen and oxygen atoms in total. The molecule has 0 aromatic carbocycles. The number of rotatable bonds is 5. The van der Waals surface area contributed by atoms with E-state index < -0.39 is 0 Å². The zero-order valence-electron chi connectivity index (χ0n) is 13.2. The van der Waals surface area contributed by atoms with Crippen LogP contribution >= 0.6 is 15.9 Å². The monoisotopic (exact) mass is 390 g/mol. The van der Waals surface area contributed by atoms with Crippen LogP contribution in [0.4, 0.5) is 0 Å².